The molecule has 1 N–H and O–H groups in total. The van der Waals surface area contributed by atoms with Crippen LogP contribution >= 0.6 is 0 Å². The number of rotatable bonds is 4. The first kappa shape index (κ1) is 16.8. The minimum absolute atomic E-state index is 0.757. The average Bonchev–Trinajstić information content (AvgIpc) is 3.29. The van der Waals surface area contributed by atoms with Crippen LogP contribution in [0.15, 0.2) is 24.4 Å². The van der Waals surface area contributed by atoms with E-state index in [0.29, 0.717) is 0 Å². The Balaban J connectivity index is 1.50. The molecule has 0 radical (unpaired) electrons. The summed E-state index contributed by atoms with van der Waals surface area (Å²) >= 11 is 0. The van der Waals surface area contributed by atoms with Crippen LogP contribution < -0.4 is 0 Å². The molecule has 0 amide bonds. The summed E-state index contributed by atoms with van der Waals surface area (Å²) in [5.41, 5.74) is 6.43. The van der Waals surface area contributed by atoms with E-state index in [1.165, 1.54) is 79.8 Å². The van der Waals surface area contributed by atoms with Gasteiger partial charge < -0.3 is 0 Å². The lowest BCUT2D eigenvalue weighted by atomic mass is 9.99. The first-order chi connectivity index (χ1) is 12.2. The first-order valence-electron chi connectivity index (χ1n) is 9.77. The lowest BCUT2D eigenvalue weighted by Crippen LogP contribution is -2.46. The van der Waals surface area contributed by atoms with E-state index in [4.69, 9.17) is 0 Å². The van der Waals surface area contributed by atoms with Gasteiger partial charge in [-0.25, -0.2) is 0 Å². The van der Waals surface area contributed by atoms with Crippen molar-refractivity contribution in [1.29, 1.82) is 0 Å². The highest BCUT2D eigenvalue weighted by molar-refractivity contribution is 5.67. The number of H-pyrrole nitrogens is 1. The molecule has 2 aromatic rings. The van der Waals surface area contributed by atoms with E-state index in [2.05, 4.69) is 52.0 Å². The van der Waals surface area contributed by atoms with E-state index in [0.717, 1.165) is 12.6 Å². The molecular formula is C21H30N4. The minimum atomic E-state index is 0.757. The molecule has 4 nitrogen and oxygen atoms in total. The molecule has 2 aliphatic heterocycles. The number of hydrogen-bond donors (Lipinski definition) is 1. The Kier molecular flexibility index (Phi) is 4.91. The molecule has 1 atom stereocenters. The molecule has 2 fully saturated rings. The summed E-state index contributed by atoms with van der Waals surface area (Å²) in [6, 6.07) is 7.42. The van der Waals surface area contributed by atoms with Crippen molar-refractivity contribution in [2.75, 3.05) is 26.2 Å². The second-order valence-electron chi connectivity index (χ2n) is 7.86. The molecule has 1 aromatic carbocycles. The maximum atomic E-state index is 4.37. The molecule has 134 valence electrons. The van der Waals surface area contributed by atoms with E-state index in [1.807, 2.05) is 6.20 Å². The van der Waals surface area contributed by atoms with Gasteiger partial charge in [-0.15, -0.1) is 0 Å². The second-order valence-corrected chi connectivity index (χ2v) is 7.86. The Morgan fingerprint density at radius 1 is 1.12 bits per heavy atom. The number of aryl methyl sites for hydroxylation is 2. The summed E-state index contributed by atoms with van der Waals surface area (Å²) in [5, 5.41) is 7.63. The summed E-state index contributed by atoms with van der Waals surface area (Å²) in [4.78, 5) is 5.35. The highest BCUT2D eigenvalue weighted by Gasteiger charge is 2.27. The summed E-state index contributed by atoms with van der Waals surface area (Å²) in [6.45, 7) is 10.4. The van der Waals surface area contributed by atoms with Crippen LogP contribution in [0.4, 0.5) is 0 Å². The van der Waals surface area contributed by atoms with Gasteiger partial charge in [0.2, 0.25) is 0 Å². The summed E-state index contributed by atoms with van der Waals surface area (Å²) in [5.74, 6) is 0. The monoisotopic (exact) mass is 338 g/mol. The van der Waals surface area contributed by atoms with Crippen LogP contribution in [0, 0.1) is 13.8 Å². The maximum Gasteiger partial charge on any atom is 0.0698 e. The predicted molar refractivity (Wildman–Crippen MR) is 103 cm³/mol. The molecule has 0 saturated carbocycles. The molecule has 0 aliphatic carbocycles. The van der Waals surface area contributed by atoms with E-state index < -0.39 is 0 Å². The molecule has 0 bridgehead atoms. The topological polar surface area (TPSA) is 35.2 Å². The molecule has 1 aromatic heterocycles. The standard InChI is InChI=1S/C21H30N4/c1-16-7-8-17(2)20(12-16)21-18(13-22-23-21)14-24-9-5-6-19(15-24)25-10-3-4-11-25/h7-8,12-13,19H,3-6,9-11,14-15H2,1-2H3,(H,22,23). The van der Waals surface area contributed by atoms with Gasteiger partial charge in [0.05, 0.1) is 11.9 Å². The molecule has 4 rings (SSSR count). The van der Waals surface area contributed by atoms with Crippen LogP contribution in [0.1, 0.15) is 42.4 Å². The SMILES string of the molecule is Cc1ccc(C)c(-c2[nH]ncc2CN2CCCC(N3CCCC3)C2)c1. The third-order valence-corrected chi connectivity index (χ3v) is 5.91. The molecule has 2 aliphatic rings. The highest BCUT2D eigenvalue weighted by Crippen LogP contribution is 2.28. The largest absolute Gasteiger partial charge is 0.299 e. The van der Waals surface area contributed by atoms with Gasteiger partial charge in [0.25, 0.3) is 0 Å². The fraction of sp³-hybridized carbons (Fsp3) is 0.571. The van der Waals surface area contributed by atoms with Crippen molar-refractivity contribution in [3.05, 3.63) is 41.1 Å². The van der Waals surface area contributed by atoms with Crippen molar-refractivity contribution in [3.63, 3.8) is 0 Å². The minimum Gasteiger partial charge on any atom is -0.299 e. The molecule has 25 heavy (non-hydrogen) atoms. The fourth-order valence-corrected chi connectivity index (χ4v) is 4.49. The number of benzene rings is 1. The van der Waals surface area contributed by atoms with Gasteiger partial charge in [0.15, 0.2) is 0 Å². The Hall–Kier alpha value is -1.65. The van der Waals surface area contributed by atoms with Gasteiger partial charge >= 0.3 is 0 Å². The van der Waals surface area contributed by atoms with Crippen molar-refractivity contribution in [3.8, 4) is 11.3 Å². The van der Waals surface area contributed by atoms with Crippen LogP contribution in [-0.4, -0.2) is 52.2 Å². The fourth-order valence-electron chi connectivity index (χ4n) is 4.49. The number of aromatic amines is 1. The summed E-state index contributed by atoms with van der Waals surface area (Å²) in [7, 11) is 0. The van der Waals surface area contributed by atoms with Crippen molar-refractivity contribution >= 4 is 0 Å². The number of aromatic nitrogens is 2. The van der Waals surface area contributed by atoms with Crippen molar-refractivity contribution in [1.82, 2.24) is 20.0 Å². The molecule has 3 heterocycles. The quantitative estimate of drug-likeness (QED) is 0.922. The number of hydrogen-bond acceptors (Lipinski definition) is 3. The molecule has 4 heteroatoms. The van der Waals surface area contributed by atoms with Crippen LogP contribution in [0.3, 0.4) is 0 Å². The zero-order chi connectivity index (χ0) is 17.2. The number of likely N-dealkylation sites (tertiary alicyclic amines) is 2. The zero-order valence-electron chi connectivity index (χ0n) is 15.6. The van der Waals surface area contributed by atoms with Crippen LogP contribution in [-0.2, 0) is 6.54 Å². The summed E-state index contributed by atoms with van der Waals surface area (Å²) in [6.07, 6.45) is 7.48. The van der Waals surface area contributed by atoms with Gasteiger partial charge in [-0.05, 0) is 70.8 Å². The normalized spacial score (nSPS) is 22.6. The van der Waals surface area contributed by atoms with E-state index in [-0.39, 0.29) is 0 Å². The Morgan fingerprint density at radius 2 is 1.96 bits per heavy atom. The number of nitrogens with zero attached hydrogens (tertiary/aromatic N) is 3. The Morgan fingerprint density at radius 3 is 2.80 bits per heavy atom. The van der Waals surface area contributed by atoms with E-state index in [9.17, 15) is 0 Å². The molecule has 1 unspecified atom stereocenters. The number of piperidine rings is 1. The van der Waals surface area contributed by atoms with Gasteiger partial charge in [0, 0.05) is 30.3 Å². The highest BCUT2D eigenvalue weighted by atomic mass is 15.2. The number of nitrogens with one attached hydrogen (secondary N) is 1. The second kappa shape index (κ2) is 7.30. The molecular weight excluding hydrogens is 308 g/mol. The van der Waals surface area contributed by atoms with Gasteiger partial charge in [-0.1, -0.05) is 17.7 Å². The van der Waals surface area contributed by atoms with Crippen LogP contribution in [0.25, 0.3) is 11.3 Å². The van der Waals surface area contributed by atoms with Crippen LogP contribution in [0.2, 0.25) is 0 Å². The summed E-state index contributed by atoms with van der Waals surface area (Å²) < 4.78 is 0. The van der Waals surface area contributed by atoms with Gasteiger partial charge in [-0.3, -0.25) is 14.9 Å². The predicted octanol–water partition coefficient (Wildman–Crippen LogP) is 3.75. The zero-order valence-corrected chi connectivity index (χ0v) is 15.6. The van der Waals surface area contributed by atoms with Crippen molar-refractivity contribution in [2.45, 2.75) is 52.1 Å². The Bertz CT molecular complexity index is 714. The van der Waals surface area contributed by atoms with E-state index >= 15 is 0 Å². The van der Waals surface area contributed by atoms with Crippen molar-refractivity contribution in [2.24, 2.45) is 0 Å². The smallest absolute Gasteiger partial charge is 0.0698 e. The van der Waals surface area contributed by atoms with Gasteiger partial charge in [-0.2, -0.15) is 5.10 Å². The third-order valence-electron chi connectivity index (χ3n) is 5.91. The lowest BCUT2D eigenvalue weighted by molar-refractivity contribution is 0.111. The first-order valence-corrected chi connectivity index (χ1v) is 9.77. The average molecular weight is 338 g/mol. The van der Waals surface area contributed by atoms with Crippen LogP contribution in [0.5, 0.6) is 0 Å². The third kappa shape index (κ3) is 3.65. The Labute approximate surface area is 151 Å². The molecule has 2 saturated heterocycles. The van der Waals surface area contributed by atoms with Crippen molar-refractivity contribution < 1.29 is 0 Å². The maximum absolute atomic E-state index is 4.37. The van der Waals surface area contributed by atoms with Gasteiger partial charge in [0.1, 0.15) is 0 Å². The van der Waals surface area contributed by atoms with E-state index in [1.54, 1.807) is 0 Å². The lowest BCUT2D eigenvalue weighted by Gasteiger charge is -2.37. The molecule has 0 spiro atoms.